The highest BCUT2D eigenvalue weighted by Gasteiger charge is 2.23. The van der Waals surface area contributed by atoms with Crippen molar-refractivity contribution in [1.82, 2.24) is 4.90 Å². The van der Waals surface area contributed by atoms with Crippen LogP contribution in [0.5, 0.6) is 0 Å². The Hall–Kier alpha value is -0.900. The zero-order chi connectivity index (χ0) is 11.1. The number of carbonyl (C=O) groups excluding carboxylic acids is 2. The van der Waals surface area contributed by atoms with E-state index in [1.54, 1.807) is 12.2 Å². The zero-order valence-corrected chi connectivity index (χ0v) is 9.79. The van der Waals surface area contributed by atoms with Crippen LogP contribution in [0.3, 0.4) is 0 Å². The normalized spacial score (nSPS) is 11.6. The Kier molecular flexibility index (Phi) is 6.12. The molecule has 0 aliphatic heterocycles. The summed E-state index contributed by atoms with van der Waals surface area (Å²) in [5, 5.41) is 0. The second-order valence-corrected chi connectivity index (χ2v) is 3.71. The zero-order valence-electron chi connectivity index (χ0n) is 8.20. The Bertz CT molecular complexity index is 241. The lowest BCUT2D eigenvalue weighted by Crippen LogP contribution is -2.39. The van der Waals surface area contributed by atoms with Crippen molar-refractivity contribution in [3.05, 3.63) is 25.3 Å². The van der Waals surface area contributed by atoms with Gasteiger partial charge in [0.05, 0.1) is 0 Å². The van der Waals surface area contributed by atoms with E-state index in [-0.39, 0.29) is 11.7 Å². The Morgan fingerprint density at radius 1 is 1.36 bits per heavy atom. The molecule has 1 unspecified atom stereocenters. The van der Waals surface area contributed by atoms with Crippen molar-refractivity contribution in [3.8, 4) is 0 Å². The van der Waals surface area contributed by atoms with E-state index in [1.165, 1.54) is 11.8 Å². The van der Waals surface area contributed by atoms with Crippen molar-refractivity contribution < 1.29 is 9.59 Å². The predicted molar refractivity (Wildman–Crippen MR) is 60.4 cm³/mol. The summed E-state index contributed by atoms with van der Waals surface area (Å²) in [4.78, 5) is 23.3. The molecule has 0 fully saturated rings. The third kappa shape index (κ3) is 3.87. The number of Topliss-reactive ketones (excluding diaryl/α,β-unsaturated/α-hetero) is 1. The molecule has 14 heavy (non-hydrogen) atoms. The highest BCUT2D eigenvalue weighted by Crippen LogP contribution is 2.06. The van der Waals surface area contributed by atoms with Crippen molar-refractivity contribution in [2.45, 2.75) is 11.8 Å². The van der Waals surface area contributed by atoms with E-state index in [0.29, 0.717) is 13.1 Å². The minimum atomic E-state index is -0.762. The second-order valence-electron chi connectivity index (χ2n) is 2.79. The summed E-state index contributed by atoms with van der Waals surface area (Å²) in [6.45, 7) is 9.29. The van der Waals surface area contributed by atoms with Crippen molar-refractivity contribution >= 4 is 27.6 Å². The molecule has 0 aromatic rings. The molecule has 1 amide bonds. The van der Waals surface area contributed by atoms with Crippen LogP contribution in [0, 0.1) is 0 Å². The van der Waals surface area contributed by atoms with E-state index < -0.39 is 4.83 Å². The SMILES string of the molecule is C=CCN(CC=C)C(=O)C(Br)C(C)=O. The van der Waals surface area contributed by atoms with Crippen LogP contribution in [0.1, 0.15) is 6.92 Å². The Labute approximate surface area is 92.6 Å². The fourth-order valence-electron chi connectivity index (χ4n) is 0.900. The summed E-state index contributed by atoms with van der Waals surface area (Å²) < 4.78 is 0. The van der Waals surface area contributed by atoms with Gasteiger partial charge in [-0.05, 0) is 6.92 Å². The van der Waals surface area contributed by atoms with Crippen molar-refractivity contribution in [3.63, 3.8) is 0 Å². The lowest BCUT2D eigenvalue weighted by Gasteiger charge is -2.21. The number of amides is 1. The maximum Gasteiger partial charge on any atom is 0.244 e. The fraction of sp³-hybridized carbons (Fsp3) is 0.400. The molecule has 0 aliphatic carbocycles. The van der Waals surface area contributed by atoms with Gasteiger partial charge < -0.3 is 4.90 Å². The smallest absolute Gasteiger partial charge is 0.244 e. The van der Waals surface area contributed by atoms with Gasteiger partial charge in [-0.2, -0.15) is 0 Å². The molecule has 0 aromatic heterocycles. The molecule has 0 radical (unpaired) electrons. The molecule has 0 bridgehead atoms. The minimum Gasteiger partial charge on any atom is -0.334 e. The van der Waals surface area contributed by atoms with E-state index in [9.17, 15) is 9.59 Å². The van der Waals surface area contributed by atoms with Crippen molar-refractivity contribution in [2.75, 3.05) is 13.1 Å². The van der Waals surface area contributed by atoms with E-state index >= 15 is 0 Å². The van der Waals surface area contributed by atoms with Gasteiger partial charge >= 0.3 is 0 Å². The first-order valence-electron chi connectivity index (χ1n) is 4.19. The summed E-state index contributed by atoms with van der Waals surface area (Å²) in [5.41, 5.74) is 0. The molecule has 0 rings (SSSR count). The molecule has 0 saturated carbocycles. The maximum absolute atomic E-state index is 11.6. The predicted octanol–water partition coefficient (Wildman–Crippen LogP) is 1.54. The average molecular weight is 260 g/mol. The first-order chi connectivity index (χ1) is 6.54. The van der Waals surface area contributed by atoms with E-state index in [0.717, 1.165) is 0 Å². The second kappa shape index (κ2) is 6.54. The minimum absolute atomic E-state index is 0.201. The average Bonchev–Trinajstić information content (AvgIpc) is 2.15. The molecule has 0 spiro atoms. The van der Waals surface area contributed by atoms with Crippen LogP contribution in [0.15, 0.2) is 25.3 Å². The lowest BCUT2D eigenvalue weighted by atomic mass is 10.2. The number of hydrogen-bond donors (Lipinski definition) is 0. The van der Waals surface area contributed by atoms with Crippen LogP contribution in [-0.2, 0) is 9.59 Å². The summed E-state index contributed by atoms with van der Waals surface area (Å²) >= 11 is 3.04. The van der Waals surface area contributed by atoms with E-state index in [2.05, 4.69) is 29.1 Å². The summed E-state index contributed by atoms with van der Waals surface area (Å²) in [6, 6.07) is 0. The highest BCUT2D eigenvalue weighted by molar-refractivity contribution is 9.10. The molecule has 0 heterocycles. The summed E-state index contributed by atoms with van der Waals surface area (Å²) in [5.74, 6) is -0.453. The van der Waals surface area contributed by atoms with Crippen molar-refractivity contribution in [1.29, 1.82) is 0 Å². The van der Waals surface area contributed by atoms with Crippen LogP contribution in [0.4, 0.5) is 0 Å². The molecule has 0 N–H and O–H groups in total. The first kappa shape index (κ1) is 13.1. The number of halogens is 1. The Morgan fingerprint density at radius 3 is 2.07 bits per heavy atom. The number of nitrogens with zero attached hydrogens (tertiary/aromatic N) is 1. The van der Waals surface area contributed by atoms with Gasteiger partial charge in [-0.1, -0.05) is 28.1 Å². The van der Waals surface area contributed by atoms with Gasteiger partial charge in [-0.3, -0.25) is 9.59 Å². The molecule has 0 aromatic carbocycles. The molecule has 78 valence electrons. The molecule has 1 atom stereocenters. The van der Waals surface area contributed by atoms with Crippen LogP contribution < -0.4 is 0 Å². The highest BCUT2D eigenvalue weighted by atomic mass is 79.9. The Balaban J connectivity index is 4.48. The fourth-order valence-corrected chi connectivity index (χ4v) is 1.19. The standard InChI is InChI=1S/C10H14BrNO2/c1-4-6-12(7-5-2)10(14)9(11)8(3)13/h4-5,9H,1-2,6-7H2,3H3. The molecular weight excluding hydrogens is 246 g/mol. The van der Waals surface area contributed by atoms with Gasteiger partial charge in [-0.15, -0.1) is 13.2 Å². The van der Waals surface area contributed by atoms with Crippen LogP contribution in [-0.4, -0.2) is 34.5 Å². The maximum atomic E-state index is 11.6. The van der Waals surface area contributed by atoms with Crippen molar-refractivity contribution in [2.24, 2.45) is 0 Å². The van der Waals surface area contributed by atoms with Crippen LogP contribution in [0.2, 0.25) is 0 Å². The van der Waals surface area contributed by atoms with Crippen LogP contribution >= 0.6 is 15.9 Å². The number of ketones is 1. The van der Waals surface area contributed by atoms with Crippen LogP contribution in [0.25, 0.3) is 0 Å². The molecule has 0 aliphatic rings. The third-order valence-electron chi connectivity index (χ3n) is 1.58. The number of carbonyl (C=O) groups is 2. The molecule has 3 nitrogen and oxygen atoms in total. The molecule has 4 heteroatoms. The summed E-state index contributed by atoms with van der Waals surface area (Å²) in [6.07, 6.45) is 3.22. The van der Waals surface area contributed by atoms with E-state index in [1.807, 2.05) is 0 Å². The lowest BCUT2D eigenvalue weighted by molar-refractivity contribution is -0.133. The van der Waals surface area contributed by atoms with Gasteiger partial charge in [0.1, 0.15) is 0 Å². The Morgan fingerprint density at radius 2 is 1.79 bits per heavy atom. The topological polar surface area (TPSA) is 37.4 Å². The van der Waals surface area contributed by atoms with Gasteiger partial charge in [0.25, 0.3) is 0 Å². The molecular formula is C10H14BrNO2. The van der Waals surface area contributed by atoms with Gasteiger partial charge in [-0.25, -0.2) is 0 Å². The number of rotatable bonds is 6. The van der Waals surface area contributed by atoms with Gasteiger partial charge in [0.15, 0.2) is 10.6 Å². The summed E-state index contributed by atoms with van der Waals surface area (Å²) in [7, 11) is 0. The largest absolute Gasteiger partial charge is 0.334 e. The quantitative estimate of drug-likeness (QED) is 0.412. The first-order valence-corrected chi connectivity index (χ1v) is 5.11. The number of hydrogen-bond acceptors (Lipinski definition) is 2. The van der Waals surface area contributed by atoms with Gasteiger partial charge in [0.2, 0.25) is 5.91 Å². The monoisotopic (exact) mass is 259 g/mol. The van der Waals surface area contributed by atoms with E-state index in [4.69, 9.17) is 0 Å². The number of alkyl halides is 1. The molecule has 0 saturated heterocycles. The van der Waals surface area contributed by atoms with Gasteiger partial charge in [0, 0.05) is 13.1 Å². The third-order valence-corrected chi connectivity index (χ3v) is 2.62.